The molecule has 0 radical (unpaired) electrons. The van der Waals surface area contributed by atoms with Gasteiger partial charge in [0.15, 0.2) is 0 Å². The van der Waals surface area contributed by atoms with E-state index in [2.05, 4.69) is 16.7 Å². The van der Waals surface area contributed by atoms with Crippen LogP contribution in [0.1, 0.15) is 36.8 Å². The molecule has 2 saturated heterocycles. The maximum Gasteiger partial charge on any atom is 0.243 e. The molecule has 0 aliphatic carbocycles. The summed E-state index contributed by atoms with van der Waals surface area (Å²) in [7, 11) is -3.60. The molecule has 2 heterocycles. The maximum atomic E-state index is 13.0. The number of hydrogen-bond acceptors (Lipinski definition) is 5. The van der Waals surface area contributed by atoms with Crippen LogP contribution >= 0.6 is 12.4 Å². The highest BCUT2D eigenvalue weighted by molar-refractivity contribution is 7.89. The number of hydrogen-bond donors (Lipinski definition) is 2. The molecule has 28 heavy (non-hydrogen) atoms. The number of halogens is 1. The van der Waals surface area contributed by atoms with Gasteiger partial charge in [-0.3, -0.25) is 4.79 Å². The van der Waals surface area contributed by atoms with Crippen LogP contribution < -0.4 is 10.6 Å². The molecule has 0 saturated carbocycles. The quantitative estimate of drug-likeness (QED) is 0.743. The van der Waals surface area contributed by atoms with E-state index in [0.29, 0.717) is 30.8 Å². The number of carbonyl (C=O) groups excluding carboxylic acids is 1. The fourth-order valence-corrected chi connectivity index (χ4v) is 5.40. The number of benzene rings is 1. The van der Waals surface area contributed by atoms with Gasteiger partial charge in [0.1, 0.15) is 0 Å². The summed E-state index contributed by atoms with van der Waals surface area (Å²) in [5.41, 5.74) is 1.14. The summed E-state index contributed by atoms with van der Waals surface area (Å²) in [4.78, 5) is 12.4. The van der Waals surface area contributed by atoms with E-state index in [4.69, 9.17) is 5.26 Å². The SMILES string of the molecule is Cc1cc(S(=O)(=O)N2CCCC(CNC(=O)C3CCCN3)C2)ccc1C#N.Cl. The van der Waals surface area contributed by atoms with Crippen LogP contribution in [-0.2, 0) is 14.8 Å². The average Bonchev–Trinajstić information content (AvgIpc) is 3.21. The van der Waals surface area contributed by atoms with Crippen LogP contribution in [0.4, 0.5) is 0 Å². The molecule has 1 aromatic carbocycles. The van der Waals surface area contributed by atoms with E-state index in [1.165, 1.54) is 10.4 Å². The van der Waals surface area contributed by atoms with Gasteiger partial charge in [-0.1, -0.05) is 0 Å². The summed E-state index contributed by atoms with van der Waals surface area (Å²) in [6.07, 6.45) is 3.54. The van der Waals surface area contributed by atoms with E-state index in [1.54, 1.807) is 19.1 Å². The second-order valence-electron chi connectivity index (χ2n) is 7.35. The molecule has 2 fully saturated rings. The fraction of sp³-hybridized carbons (Fsp3) is 0.579. The van der Waals surface area contributed by atoms with Crippen molar-refractivity contribution < 1.29 is 13.2 Å². The van der Waals surface area contributed by atoms with Crippen LogP contribution in [0.3, 0.4) is 0 Å². The molecular weight excluding hydrogens is 400 g/mol. The molecule has 0 spiro atoms. The Morgan fingerprint density at radius 1 is 1.36 bits per heavy atom. The average molecular weight is 427 g/mol. The van der Waals surface area contributed by atoms with Crippen molar-refractivity contribution in [3.8, 4) is 6.07 Å². The zero-order valence-electron chi connectivity index (χ0n) is 16.0. The van der Waals surface area contributed by atoms with Gasteiger partial charge in [0, 0.05) is 19.6 Å². The fourth-order valence-electron chi connectivity index (χ4n) is 3.76. The first kappa shape index (κ1) is 22.6. The van der Waals surface area contributed by atoms with Gasteiger partial charge in [-0.05, 0) is 68.8 Å². The number of aryl methyl sites for hydroxylation is 1. The summed E-state index contributed by atoms with van der Waals surface area (Å²) >= 11 is 0. The molecule has 0 aromatic heterocycles. The largest absolute Gasteiger partial charge is 0.354 e. The van der Waals surface area contributed by atoms with Gasteiger partial charge in [0.2, 0.25) is 15.9 Å². The van der Waals surface area contributed by atoms with Crippen molar-refractivity contribution in [2.75, 3.05) is 26.2 Å². The van der Waals surface area contributed by atoms with E-state index < -0.39 is 10.0 Å². The Morgan fingerprint density at radius 2 is 2.14 bits per heavy atom. The summed E-state index contributed by atoms with van der Waals surface area (Å²) in [6.45, 7) is 3.99. The van der Waals surface area contributed by atoms with E-state index >= 15 is 0 Å². The number of amides is 1. The lowest BCUT2D eigenvalue weighted by Gasteiger charge is -2.32. The molecule has 2 N–H and O–H groups in total. The Morgan fingerprint density at radius 3 is 2.79 bits per heavy atom. The lowest BCUT2D eigenvalue weighted by atomic mass is 9.99. The highest BCUT2D eigenvalue weighted by Gasteiger charge is 2.31. The number of rotatable bonds is 5. The number of nitrogens with zero attached hydrogens (tertiary/aromatic N) is 2. The molecule has 2 atom stereocenters. The van der Waals surface area contributed by atoms with Crippen LogP contribution in [0.2, 0.25) is 0 Å². The Labute approximate surface area is 172 Å². The second kappa shape index (κ2) is 9.70. The monoisotopic (exact) mass is 426 g/mol. The molecule has 2 aliphatic heterocycles. The number of sulfonamides is 1. The minimum Gasteiger partial charge on any atom is -0.354 e. The lowest BCUT2D eigenvalue weighted by Crippen LogP contribution is -2.46. The predicted octanol–water partition coefficient (Wildman–Crippen LogP) is 1.56. The molecule has 154 valence electrons. The molecule has 9 heteroatoms. The van der Waals surface area contributed by atoms with E-state index in [-0.39, 0.29) is 35.2 Å². The number of nitrogens with one attached hydrogen (secondary N) is 2. The van der Waals surface area contributed by atoms with Crippen molar-refractivity contribution >= 4 is 28.3 Å². The molecule has 3 rings (SSSR count). The molecule has 1 amide bonds. The molecule has 1 aromatic rings. The third kappa shape index (κ3) is 5.03. The molecule has 7 nitrogen and oxygen atoms in total. The highest BCUT2D eigenvalue weighted by Crippen LogP contribution is 2.25. The Balaban J connectivity index is 0.00000280. The van der Waals surface area contributed by atoms with Crippen LogP contribution in [0.15, 0.2) is 23.1 Å². The highest BCUT2D eigenvalue weighted by atomic mass is 35.5. The molecular formula is C19H27ClN4O3S. The van der Waals surface area contributed by atoms with Crippen LogP contribution in [0, 0.1) is 24.2 Å². The Bertz CT molecular complexity index is 847. The predicted molar refractivity (Wildman–Crippen MR) is 109 cm³/mol. The summed E-state index contributed by atoms with van der Waals surface area (Å²) in [5, 5.41) is 15.2. The topological polar surface area (TPSA) is 102 Å². The smallest absolute Gasteiger partial charge is 0.243 e. The third-order valence-electron chi connectivity index (χ3n) is 5.38. The number of piperidine rings is 1. The van der Waals surface area contributed by atoms with Crippen LogP contribution in [0.5, 0.6) is 0 Å². The van der Waals surface area contributed by atoms with Crippen molar-refractivity contribution in [3.05, 3.63) is 29.3 Å². The Kier molecular flexibility index (Phi) is 7.84. The normalized spacial score (nSPS) is 22.9. The van der Waals surface area contributed by atoms with Crippen molar-refractivity contribution in [1.29, 1.82) is 5.26 Å². The van der Waals surface area contributed by atoms with Gasteiger partial charge in [-0.15, -0.1) is 12.4 Å². The molecule has 0 bridgehead atoms. The number of carbonyl (C=O) groups is 1. The maximum absolute atomic E-state index is 13.0. The van der Waals surface area contributed by atoms with E-state index in [1.807, 2.05) is 0 Å². The van der Waals surface area contributed by atoms with Gasteiger partial charge in [-0.2, -0.15) is 9.57 Å². The minimum absolute atomic E-state index is 0. The van der Waals surface area contributed by atoms with Crippen LogP contribution in [0.25, 0.3) is 0 Å². The minimum atomic E-state index is -3.60. The van der Waals surface area contributed by atoms with Crippen molar-refractivity contribution in [3.63, 3.8) is 0 Å². The summed E-state index contributed by atoms with van der Waals surface area (Å²) in [5.74, 6) is 0.119. The molecule has 2 aliphatic rings. The zero-order valence-corrected chi connectivity index (χ0v) is 17.6. The first-order chi connectivity index (χ1) is 12.9. The summed E-state index contributed by atoms with van der Waals surface area (Å²) in [6, 6.07) is 6.55. The van der Waals surface area contributed by atoms with Crippen molar-refractivity contribution in [2.45, 2.75) is 43.5 Å². The third-order valence-corrected chi connectivity index (χ3v) is 7.24. The van der Waals surface area contributed by atoms with Gasteiger partial charge >= 0.3 is 0 Å². The van der Waals surface area contributed by atoms with E-state index in [9.17, 15) is 13.2 Å². The van der Waals surface area contributed by atoms with Gasteiger partial charge in [-0.25, -0.2) is 8.42 Å². The van der Waals surface area contributed by atoms with Gasteiger partial charge in [0.05, 0.1) is 22.6 Å². The van der Waals surface area contributed by atoms with Gasteiger partial charge < -0.3 is 10.6 Å². The molecule has 2 unspecified atom stereocenters. The Hall–Kier alpha value is -1.66. The van der Waals surface area contributed by atoms with Crippen LogP contribution in [-0.4, -0.2) is 50.9 Å². The number of nitriles is 1. The lowest BCUT2D eigenvalue weighted by molar-refractivity contribution is -0.123. The van der Waals surface area contributed by atoms with Crippen molar-refractivity contribution in [1.82, 2.24) is 14.9 Å². The van der Waals surface area contributed by atoms with E-state index in [0.717, 1.165) is 32.2 Å². The standard InChI is InChI=1S/C19H26N4O3S.ClH/c1-14-10-17(7-6-16(14)11-20)27(25,26)23-9-3-4-15(13-23)12-22-19(24)18-5-2-8-21-18;/h6-7,10,15,18,21H,2-5,8-9,12-13H2,1H3,(H,22,24);1H. The zero-order chi connectivity index (χ0) is 19.4. The second-order valence-corrected chi connectivity index (χ2v) is 9.29. The first-order valence-electron chi connectivity index (χ1n) is 9.44. The summed E-state index contributed by atoms with van der Waals surface area (Å²) < 4.78 is 27.5. The van der Waals surface area contributed by atoms with Crippen molar-refractivity contribution in [2.24, 2.45) is 5.92 Å². The van der Waals surface area contributed by atoms with Gasteiger partial charge in [0.25, 0.3) is 0 Å². The first-order valence-corrected chi connectivity index (χ1v) is 10.9.